The van der Waals surface area contributed by atoms with E-state index in [0.29, 0.717) is 30.5 Å². The van der Waals surface area contributed by atoms with E-state index < -0.39 is 0 Å². The third-order valence-electron chi connectivity index (χ3n) is 7.02. The van der Waals surface area contributed by atoms with E-state index in [-0.39, 0.29) is 0 Å². The predicted molar refractivity (Wildman–Crippen MR) is 98.8 cm³/mol. The largest absolute Gasteiger partial charge is 0.495 e. The van der Waals surface area contributed by atoms with Crippen molar-refractivity contribution in [3.63, 3.8) is 0 Å². The second-order valence-electron chi connectivity index (χ2n) is 7.79. The number of aryl methyl sites for hydroxylation is 1. The molecule has 1 N–H and O–H groups in total. The number of hydrogen-bond acceptors (Lipinski definition) is 3. The minimum Gasteiger partial charge on any atom is -0.495 e. The van der Waals surface area contributed by atoms with E-state index >= 15 is 0 Å². The summed E-state index contributed by atoms with van der Waals surface area (Å²) in [6.07, 6.45) is 4.44. The van der Waals surface area contributed by atoms with Gasteiger partial charge in [0.2, 0.25) is 0 Å². The number of aliphatic hydroxyl groups excluding tert-OH is 1. The summed E-state index contributed by atoms with van der Waals surface area (Å²) in [4.78, 5) is 2.66. The van der Waals surface area contributed by atoms with E-state index in [9.17, 15) is 5.11 Å². The summed E-state index contributed by atoms with van der Waals surface area (Å²) in [6.45, 7) is 3.50. The molecule has 1 aromatic carbocycles. The number of ether oxygens (including phenoxy) is 1. The summed E-state index contributed by atoms with van der Waals surface area (Å²) >= 11 is 0. The molecule has 4 bridgehead atoms. The molecule has 0 radical (unpaired) electrons. The smallest absolute Gasteiger partial charge is 0.143 e. The quantitative estimate of drug-likeness (QED) is 0.855. The fraction of sp³-hybridized carbons (Fsp3) is 0.524. The monoisotopic (exact) mass is 338 g/mol. The van der Waals surface area contributed by atoms with Crippen LogP contribution in [0, 0.1) is 11.8 Å². The van der Waals surface area contributed by atoms with Gasteiger partial charge in [-0.2, -0.15) is 0 Å². The number of rotatable bonds is 2. The van der Waals surface area contributed by atoms with E-state index in [1.165, 1.54) is 27.7 Å². The van der Waals surface area contributed by atoms with Crippen molar-refractivity contribution in [2.24, 2.45) is 18.9 Å². The van der Waals surface area contributed by atoms with Crippen molar-refractivity contribution in [2.45, 2.75) is 31.8 Å². The lowest BCUT2D eigenvalue weighted by Gasteiger charge is -2.58. The van der Waals surface area contributed by atoms with Gasteiger partial charge in [-0.1, -0.05) is 23.8 Å². The van der Waals surface area contributed by atoms with Crippen LogP contribution < -0.4 is 4.74 Å². The van der Waals surface area contributed by atoms with Gasteiger partial charge in [0.05, 0.1) is 18.7 Å². The zero-order valence-corrected chi connectivity index (χ0v) is 15.2. The Balaban J connectivity index is 1.73. The number of nitrogens with zero attached hydrogens (tertiary/aromatic N) is 2. The predicted octanol–water partition coefficient (Wildman–Crippen LogP) is 3.04. The van der Waals surface area contributed by atoms with Crippen molar-refractivity contribution in [2.75, 3.05) is 20.3 Å². The summed E-state index contributed by atoms with van der Waals surface area (Å²) in [5.41, 5.74) is 5.67. The van der Waals surface area contributed by atoms with Crippen molar-refractivity contribution < 1.29 is 9.84 Å². The van der Waals surface area contributed by atoms with Gasteiger partial charge in [0, 0.05) is 43.2 Å². The Morgan fingerprint density at radius 1 is 1.36 bits per heavy atom. The molecule has 0 amide bonds. The van der Waals surface area contributed by atoms with Crippen LogP contribution in [0.3, 0.4) is 0 Å². The highest BCUT2D eigenvalue weighted by Crippen LogP contribution is 2.55. The standard InChI is InChI=1S/C21H26N2O2/c1-4-12-10-23-17-9-15-13-6-5-7-19(25-3)21(13)22(2)20(15)18(23)8-14(12)16(17)11-24/h4-7,14,16-18,24H,8-11H2,1-3H3. The third kappa shape index (κ3) is 1.84. The third-order valence-corrected chi connectivity index (χ3v) is 7.02. The fourth-order valence-electron chi connectivity index (χ4n) is 5.96. The van der Waals surface area contributed by atoms with Crippen LogP contribution in [0.1, 0.15) is 30.6 Å². The first-order chi connectivity index (χ1) is 12.2. The van der Waals surface area contributed by atoms with Crippen LogP contribution in [-0.4, -0.2) is 40.9 Å². The molecule has 5 unspecified atom stereocenters. The van der Waals surface area contributed by atoms with E-state index in [1.54, 1.807) is 7.11 Å². The lowest BCUT2D eigenvalue weighted by Crippen LogP contribution is -2.61. The van der Waals surface area contributed by atoms with Crippen LogP contribution >= 0.6 is 0 Å². The van der Waals surface area contributed by atoms with Crippen LogP contribution in [0.4, 0.5) is 0 Å². The topological polar surface area (TPSA) is 37.6 Å². The number of aromatic nitrogens is 1. The maximum atomic E-state index is 10.1. The van der Waals surface area contributed by atoms with Gasteiger partial charge in [-0.25, -0.2) is 0 Å². The first-order valence-electron chi connectivity index (χ1n) is 9.35. The number of methoxy groups -OCH3 is 1. The minimum absolute atomic E-state index is 0.291. The Kier molecular flexibility index (Phi) is 3.32. The molecule has 132 valence electrons. The van der Waals surface area contributed by atoms with Gasteiger partial charge < -0.3 is 14.4 Å². The molecular weight excluding hydrogens is 312 g/mol. The van der Waals surface area contributed by atoms with E-state index in [2.05, 4.69) is 47.7 Å². The number of aliphatic hydroxyl groups is 1. The lowest BCUT2D eigenvalue weighted by atomic mass is 9.64. The number of benzene rings is 1. The molecule has 0 spiro atoms. The molecule has 2 aromatic rings. The Morgan fingerprint density at radius 2 is 2.20 bits per heavy atom. The summed E-state index contributed by atoms with van der Waals surface area (Å²) in [7, 11) is 3.94. The van der Waals surface area contributed by atoms with Crippen molar-refractivity contribution in [3.8, 4) is 5.75 Å². The number of para-hydroxylation sites is 1. The van der Waals surface area contributed by atoms with Crippen LogP contribution in [0.2, 0.25) is 0 Å². The molecule has 4 heteroatoms. The Hall–Kier alpha value is -1.78. The summed E-state index contributed by atoms with van der Waals surface area (Å²) in [6, 6.07) is 7.31. The van der Waals surface area contributed by atoms with E-state index in [0.717, 1.165) is 25.1 Å². The Morgan fingerprint density at radius 3 is 2.92 bits per heavy atom. The highest BCUT2D eigenvalue weighted by atomic mass is 16.5. The summed E-state index contributed by atoms with van der Waals surface area (Å²) < 4.78 is 8.02. The van der Waals surface area contributed by atoms with Crippen molar-refractivity contribution in [1.29, 1.82) is 0 Å². The molecular formula is C21H26N2O2. The van der Waals surface area contributed by atoms with Gasteiger partial charge >= 0.3 is 0 Å². The highest BCUT2D eigenvalue weighted by Gasteiger charge is 2.53. The zero-order valence-electron chi connectivity index (χ0n) is 15.2. The van der Waals surface area contributed by atoms with E-state index in [4.69, 9.17) is 4.74 Å². The van der Waals surface area contributed by atoms with Gasteiger partial charge in [0.1, 0.15) is 5.75 Å². The van der Waals surface area contributed by atoms with Gasteiger partial charge in [-0.05, 0) is 37.3 Å². The maximum absolute atomic E-state index is 10.1. The second-order valence-corrected chi connectivity index (χ2v) is 7.79. The zero-order chi connectivity index (χ0) is 17.3. The van der Waals surface area contributed by atoms with E-state index in [1.807, 2.05) is 0 Å². The van der Waals surface area contributed by atoms with Crippen LogP contribution in [0.25, 0.3) is 10.9 Å². The molecule has 4 aliphatic heterocycles. The molecule has 0 aliphatic carbocycles. The normalized spacial score (nSPS) is 34.6. The molecule has 25 heavy (non-hydrogen) atoms. The summed E-state index contributed by atoms with van der Waals surface area (Å²) in [5.74, 6) is 1.85. The van der Waals surface area contributed by atoms with Gasteiger partial charge in [0.15, 0.2) is 0 Å². The molecule has 4 aliphatic rings. The Labute approximate surface area is 148 Å². The molecule has 5 heterocycles. The molecule has 4 nitrogen and oxygen atoms in total. The fourth-order valence-corrected chi connectivity index (χ4v) is 5.96. The average molecular weight is 338 g/mol. The second kappa shape index (κ2) is 5.36. The lowest BCUT2D eigenvalue weighted by molar-refractivity contribution is -0.0513. The number of fused-ring (bicyclic) bond motifs is 4. The van der Waals surface area contributed by atoms with Gasteiger partial charge in [-0.3, -0.25) is 4.90 Å². The first kappa shape index (κ1) is 15.5. The molecule has 3 saturated heterocycles. The van der Waals surface area contributed by atoms with Crippen molar-refractivity contribution >= 4 is 10.9 Å². The maximum Gasteiger partial charge on any atom is 0.143 e. The van der Waals surface area contributed by atoms with Gasteiger partial charge in [-0.15, -0.1) is 0 Å². The van der Waals surface area contributed by atoms with Crippen LogP contribution in [0.5, 0.6) is 5.75 Å². The summed E-state index contributed by atoms with van der Waals surface area (Å²) in [5, 5.41) is 11.4. The van der Waals surface area contributed by atoms with Crippen molar-refractivity contribution in [1.82, 2.24) is 9.47 Å². The molecule has 3 fully saturated rings. The minimum atomic E-state index is 0.291. The Bertz CT molecular complexity index is 882. The van der Waals surface area contributed by atoms with Crippen LogP contribution in [-0.2, 0) is 13.5 Å². The SMILES string of the molecule is CC=C1CN2C3CC1C(CO)C2Cc1c3n(C)c2c(OC)cccc12. The number of piperidine rings is 3. The molecule has 5 atom stereocenters. The molecule has 1 aromatic heterocycles. The van der Waals surface area contributed by atoms with Crippen LogP contribution in [0.15, 0.2) is 29.8 Å². The molecule has 0 saturated carbocycles. The average Bonchev–Trinajstić information content (AvgIpc) is 2.94. The van der Waals surface area contributed by atoms with Crippen molar-refractivity contribution in [3.05, 3.63) is 41.1 Å². The highest BCUT2D eigenvalue weighted by molar-refractivity contribution is 5.91. The number of allylic oxidation sites excluding steroid dienone is 1. The first-order valence-corrected chi connectivity index (χ1v) is 9.35. The van der Waals surface area contributed by atoms with Gasteiger partial charge in [0.25, 0.3) is 0 Å². The molecule has 6 rings (SSSR count). The number of hydrogen-bond donors (Lipinski definition) is 1.